The van der Waals surface area contributed by atoms with Crippen LogP contribution in [0.2, 0.25) is 0 Å². The first kappa shape index (κ1) is 12.4. The van der Waals surface area contributed by atoms with Crippen LogP contribution < -0.4 is 5.73 Å². The molecule has 1 aromatic carbocycles. The van der Waals surface area contributed by atoms with Crippen molar-refractivity contribution in [2.45, 2.75) is 6.42 Å². The van der Waals surface area contributed by atoms with E-state index in [1.165, 1.54) is 12.1 Å². The summed E-state index contributed by atoms with van der Waals surface area (Å²) in [4.78, 5) is 13.4. The standard InChI is InChI=1S/C11H10N4O2/c12-10-5-4-8(7-9(10)11(16)17)3-1-2-6-14-15-13/h4-5,7H,2,6,12H2,(H,16,17). The minimum Gasteiger partial charge on any atom is -0.478 e. The van der Waals surface area contributed by atoms with E-state index in [0.29, 0.717) is 18.5 Å². The first-order valence-corrected chi connectivity index (χ1v) is 4.77. The van der Waals surface area contributed by atoms with E-state index in [4.69, 9.17) is 16.4 Å². The third kappa shape index (κ3) is 3.78. The Balaban J connectivity index is 2.82. The molecule has 0 bridgehead atoms. The average Bonchev–Trinajstić information content (AvgIpc) is 2.30. The number of rotatable bonds is 3. The number of carboxylic acid groups (broad SMARTS) is 1. The SMILES string of the molecule is [N-]=[N+]=NCCC#Cc1ccc(N)c(C(=O)O)c1. The molecule has 0 saturated carbocycles. The van der Waals surface area contributed by atoms with Gasteiger partial charge in [-0.1, -0.05) is 17.0 Å². The van der Waals surface area contributed by atoms with Gasteiger partial charge in [0.2, 0.25) is 0 Å². The van der Waals surface area contributed by atoms with Gasteiger partial charge in [0.15, 0.2) is 0 Å². The van der Waals surface area contributed by atoms with E-state index in [9.17, 15) is 4.79 Å². The highest BCUT2D eigenvalue weighted by Crippen LogP contribution is 2.13. The molecule has 0 unspecified atom stereocenters. The van der Waals surface area contributed by atoms with Gasteiger partial charge in [-0.2, -0.15) is 0 Å². The molecule has 3 N–H and O–H groups in total. The van der Waals surface area contributed by atoms with Crippen molar-refractivity contribution in [3.05, 3.63) is 39.8 Å². The van der Waals surface area contributed by atoms with Crippen LogP contribution in [-0.2, 0) is 0 Å². The Kier molecular flexibility index (Phi) is 4.43. The summed E-state index contributed by atoms with van der Waals surface area (Å²) in [6.45, 7) is 0.296. The summed E-state index contributed by atoms with van der Waals surface area (Å²) in [7, 11) is 0. The molecular formula is C11H10N4O2. The average molecular weight is 230 g/mol. The molecule has 0 fully saturated rings. The summed E-state index contributed by atoms with van der Waals surface area (Å²) in [6, 6.07) is 4.56. The molecule has 17 heavy (non-hydrogen) atoms. The highest BCUT2D eigenvalue weighted by atomic mass is 16.4. The van der Waals surface area contributed by atoms with Crippen LogP contribution in [0.15, 0.2) is 23.3 Å². The molecule has 0 aliphatic heterocycles. The first-order chi connectivity index (χ1) is 8.15. The summed E-state index contributed by atoms with van der Waals surface area (Å²) in [5, 5.41) is 12.2. The molecule has 0 aliphatic rings. The molecule has 0 atom stereocenters. The van der Waals surface area contributed by atoms with Gasteiger partial charge in [-0.05, 0) is 23.7 Å². The lowest BCUT2D eigenvalue weighted by molar-refractivity contribution is 0.0698. The number of anilines is 1. The fourth-order valence-electron chi connectivity index (χ4n) is 1.13. The van der Waals surface area contributed by atoms with Crippen molar-refractivity contribution in [1.29, 1.82) is 0 Å². The molecule has 0 aromatic heterocycles. The zero-order chi connectivity index (χ0) is 12.7. The van der Waals surface area contributed by atoms with Gasteiger partial charge >= 0.3 is 5.97 Å². The second kappa shape index (κ2) is 6.05. The summed E-state index contributed by atoms with van der Waals surface area (Å²) < 4.78 is 0. The van der Waals surface area contributed by atoms with Crippen molar-refractivity contribution < 1.29 is 9.90 Å². The fraction of sp³-hybridized carbons (Fsp3) is 0.182. The number of nitrogen functional groups attached to an aromatic ring is 1. The van der Waals surface area contributed by atoms with Gasteiger partial charge < -0.3 is 10.8 Å². The summed E-state index contributed by atoms with van der Waals surface area (Å²) in [6.07, 6.45) is 0.427. The Morgan fingerprint density at radius 3 is 3.00 bits per heavy atom. The molecule has 86 valence electrons. The predicted molar refractivity (Wildman–Crippen MR) is 63.3 cm³/mol. The number of benzene rings is 1. The lowest BCUT2D eigenvalue weighted by Crippen LogP contribution is -2.02. The number of carboxylic acids is 1. The van der Waals surface area contributed by atoms with Gasteiger partial charge in [0.1, 0.15) is 0 Å². The smallest absolute Gasteiger partial charge is 0.337 e. The van der Waals surface area contributed by atoms with E-state index in [0.717, 1.165) is 0 Å². The van der Waals surface area contributed by atoms with E-state index in [2.05, 4.69) is 21.9 Å². The second-order valence-electron chi connectivity index (χ2n) is 3.11. The molecule has 6 nitrogen and oxygen atoms in total. The zero-order valence-electron chi connectivity index (χ0n) is 8.92. The molecule has 1 aromatic rings. The van der Waals surface area contributed by atoms with E-state index in [1.54, 1.807) is 6.07 Å². The molecule has 0 heterocycles. The maximum Gasteiger partial charge on any atom is 0.337 e. The molecule has 6 heteroatoms. The topological polar surface area (TPSA) is 112 Å². The molecule has 0 amide bonds. The van der Waals surface area contributed by atoms with Gasteiger partial charge in [-0.25, -0.2) is 4.79 Å². The molecule has 0 radical (unpaired) electrons. The number of carbonyl (C=O) groups is 1. The van der Waals surface area contributed by atoms with Crippen molar-refractivity contribution in [2.24, 2.45) is 5.11 Å². The monoisotopic (exact) mass is 230 g/mol. The Bertz CT molecular complexity index is 536. The summed E-state index contributed by atoms with van der Waals surface area (Å²) in [5.74, 6) is 4.46. The van der Waals surface area contributed by atoms with Crippen molar-refractivity contribution in [2.75, 3.05) is 12.3 Å². The highest BCUT2D eigenvalue weighted by Gasteiger charge is 2.07. The largest absolute Gasteiger partial charge is 0.478 e. The van der Waals surface area contributed by atoms with Gasteiger partial charge in [0.05, 0.1) is 5.56 Å². The van der Waals surface area contributed by atoms with Crippen LogP contribution in [0.25, 0.3) is 10.4 Å². The number of azide groups is 1. The van der Waals surface area contributed by atoms with E-state index in [1.807, 2.05) is 0 Å². The van der Waals surface area contributed by atoms with Crippen LogP contribution in [0.3, 0.4) is 0 Å². The van der Waals surface area contributed by atoms with Crippen LogP contribution >= 0.6 is 0 Å². The molecular weight excluding hydrogens is 220 g/mol. The van der Waals surface area contributed by atoms with Crippen LogP contribution in [0, 0.1) is 11.8 Å². The zero-order valence-corrected chi connectivity index (χ0v) is 8.92. The number of hydrogen-bond donors (Lipinski definition) is 2. The van der Waals surface area contributed by atoms with Gasteiger partial charge in [0.25, 0.3) is 0 Å². The number of hydrogen-bond acceptors (Lipinski definition) is 3. The van der Waals surface area contributed by atoms with Crippen LogP contribution in [0.5, 0.6) is 0 Å². The number of nitrogens with zero attached hydrogens (tertiary/aromatic N) is 3. The van der Waals surface area contributed by atoms with E-state index in [-0.39, 0.29) is 11.3 Å². The Morgan fingerprint density at radius 1 is 1.59 bits per heavy atom. The maximum absolute atomic E-state index is 10.8. The van der Waals surface area contributed by atoms with Gasteiger partial charge in [-0.15, -0.1) is 0 Å². The Morgan fingerprint density at radius 2 is 2.35 bits per heavy atom. The first-order valence-electron chi connectivity index (χ1n) is 4.77. The van der Waals surface area contributed by atoms with Gasteiger partial charge in [-0.3, -0.25) is 0 Å². The fourth-order valence-corrected chi connectivity index (χ4v) is 1.13. The Labute approximate surface area is 97.7 Å². The van der Waals surface area contributed by atoms with Crippen LogP contribution in [-0.4, -0.2) is 17.6 Å². The van der Waals surface area contributed by atoms with Crippen molar-refractivity contribution >= 4 is 11.7 Å². The minimum absolute atomic E-state index is 0.0341. The lowest BCUT2D eigenvalue weighted by atomic mass is 10.1. The van der Waals surface area contributed by atoms with Crippen LogP contribution in [0.1, 0.15) is 22.3 Å². The van der Waals surface area contributed by atoms with E-state index >= 15 is 0 Å². The number of aromatic carboxylic acids is 1. The second-order valence-corrected chi connectivity index (χ2v) is 3.11. The molecule has 0 aliphatic carbocycles. The summed E-state index contributed by atoms with van der Waals surface area (Å²) in [5.41, 5.74) is 14.3. The lowest BCUT2D eigenvalue weighted by Gasteiger charge is -2.00. The van der Waals surface area contributed by atoms with Crippen molar-refractivity contribution in [3.63, 3.8) is 0 Å². The minimum atomic E-state index is -1.08. The maximum atomic E-state index is 10.8. The third-order valence-corrected chi connectivity index (χ3v) is 1.92. The summed E-state index contributed by atoms with van der Waals surface area (Å²) >= 11 is 0. The third-order valence-electron chi connectivity index (χ3n) is 1.92. The Hall–Kier alpha value is -2.64. The molecule has 0 spiro atoms. The number of nitrogens with two attached hydrogens (primary N) is 1. The predicted octanol–water partition coefficient (Wildman–Crippen LogP) is 2.02. The molecule has 1 rings (SSSR count). The normalized spacial score (nSPS) is 8.71. The molecule has 0 saturated heterocycles. The van der Waals surface area contributed by atoms with Crippen molar-refractivity contribution in [1.82, 2.24) is 0 Å². The highest BCUT2D eigenvalue weighted by molar-refractivity contribution is 5.94. The van der Waals surface area contributed by atoms with Gasteiger partial charge in [0, 0.05) is 29.1 Å². The van der Waals surface area contributed by atoms with Crippen LogP contribution in [0.4, 0.5) is 5.69 Å². The quantitative estimate of drug-likeness (QED) is 0.207. The van der Waals surface area contributed by atoms with E-state index < -0.39 is 5.97 Å². The van der Waals surface area contributed by atoms with Crippen molar-refractivity contribution in [3.8, 4) is 11.8 Å².